The maximum absolute atomic E-state index is 12.2. The van der Waals surface area contributed by atoms with E-state index in [1.807, 2.05) is 0 Å². The van der Waals surface area contributed by atoms with Crippen LogP contribution in [0.4, 0.5) is 5.82 Å². The van der Waals surface area contributed by atoms with Crippen LogP contribution in [0.15, 0.2) is 11.4 Å². The number of hydrogen-bond donors (Lipinski definition) is 3. The zero-order valence-electron chi connectivity index (χ0n) is 11.0. The normalized spacial score (nSPS) is 18.8. The Kier molecular flexibility index (Phi) is 3.84. The molecule has 0 aliphatic heterocycles. The third-order valence-electron chi connectivity index (χ3n) is 3.80. The van der Waals surface area contributed by atoms with Crippen LogP contribution in [-0.2, 0) is 17.1 Å². The quantitative estimate of drug-likeness (QED) is 0.697. The lowest BCUT2D eigenvalue weighted by molar-refractivity contribution is 0.134. The summed E-state index contributed by atoms with van der Waals surface area (Å²) < 4.78 is 28.4. The highest BCUT2D eigenvalue weighted by Gasteiger charge is 2.35. The molecule has 0 aromatic carbocycles. The van der Waals surface area contributed by atoms with Crippen LogP contribution in [0.3, 0.4) is 0 Å². The number of nitrogens with two attached hydrogens (primary N) is 1. The SMILES string of the molecule is Cn1cnc(N)c1S(=O)(=O)NCC1(CO)CCCC1. The average molecular weight is 288 g/mol. The van der Waals surface area contributed by atoms with E-state index in [-0.39, 0.29) is 29.4 Å². The van der Waals surface area contributed by atoms with Gasteiger partial charge in [0.05, 0.1) is 6.33 Å². The number of hydrogen-bond acceptors (Lipinski definition) is 5. The average Bonchev–Trinajstić information content (AvgIpc) is 2.95. The Balaban J connectivity index is 2.14. The Hall–Kier alpha value is -1.12. The first-order valence-corrected chi connectivity index (χ1v) is 7.76. The molecule has 8 heteroatoms. The molecular weight excluding hydrogens is 268 g/mol. The lowest BCUT2D eigenvalue weighted by Gasteiger charge is -2.26. The molecule has 4 N–H and O–H groups in total. The van der Waals surface area contributed by atoms with Gasteiger partial charge in [-0.3, -0.25) is 0 Å². The first kappa shape index (κ1) is 14.3. The van der Waals surface area contributed by atoms with Crippen molar-refractivity contribution in [2.45, 2.75) is 30.7 Å². The second-order valence-corrected chi connectivity index (χ2v) is 6.92. The number of aliphatic hydroxyl groups is 1. The number of aromatic nitrogens is 2. The topological polar surface area (TPSA) is 110 Å². The highest BCUT2D eigenvalue weighted by molar-refractivity contribution is 7.89. The molecule has 0 spiro atoms. The van der Waals surface area contributed by atoms with Gasteiger partial charge in [-0.1, -0.05) is 12.8 Å². The van der Waals surface area contributed by atoms with Gasteiger partial charge in [-0.05, 0) is 12.8 Å². The second kappa shape index (κ2) is 5.10. The third-order valence-corrected chi connectivity index (χ3v) is 5.33. The molecule has 0 radical (unpaired) electrons. The molecule has 1 aromatic rings. The number of aliphatic hydroxyl groups excluding tert-OH is 1. The number of sulfonamides is 1. The van der Waals surface area contributed by atoms with Crippen LogP contribution >= 0.6 is 0 Å². The molecule has 2 rings (SSSR count). The number of nitrogens with zero attached hydrogens (tertiary/aromatic N) is 2. The van der Waals surface area contributed by atoms with E-state index >= 15 is 0 Å². The van der Waals surface area contributed by atoms with Gasteiger partial charge in [-0.2, -0.15) is 0 Å². The maximum Gasteiger partial charge on any atom is 0.260 e. The van der Waals surface area contributed by atoms with E-state index in [0.717, 1.165) is 25.7 Å². The first-order chi connectivity index (χ1) is 8.90. The smallest absolute Gasteiger partial charge is 0.260 e. The Morgan fingerprint density at radius 2 is 2.16 bits per heavy atom. The van der Waals surface area contributed by atoms with Gasteiger partial charge < -0.3 is 15.4 Å². The van der Waals surface area contributed by atoms with Gasteiger partial charge in [-0.15, -0.1) is 0 Å². The Morgan fingerprint density at radius 3 is 2.63 bits per heavy atom. The van der Waals surface area contributed by atoms with Crippen molar-refractivity contribution < 1.29 is 13.5 Å². The molecule has 1 fully saturated rings. The van der Waals surface area contributed by atoms with E-state index in [1.54, 1.807) is 7.05 Å². The third kappa shape index (κ3) is 2.75. The molecule has 0 unspecified atom stereocenters. The predicted molar refractivity (Wildman–Crippen MR) is 70.8 cm³/mol. The molecule has 0 bridgehead atoms. The van der Waals surface area contributed by atoms with Gasteiger partial charge in [0.25, 0.3) is 10.0 Å². The van der Waals surface area contributed by atoms with Gasteiger partial charge in [-0.25, -0.2) is 18.1 Å². The fraction of sp³-hybridized carbons (Fsp3) is 0.727. The van der Waals surface area contributed by atoms with Crippen molar-refractivity contribution in [1.82, 2.24) is 14.3 Å². The number of imidazole rings is 1. The minimum Gasteiger partial charge on any atom is -0.396 e. The Morgan fingerprint density at radius 1 is 1.53 bits per heavy atom. The molecular formula is C11H20N4O3S. The maximum atomic E-state index is 12.2. The fourth-order valence-electron chi connectivity index (χ4n) is 2.60. The van der Waals surface area contributed by atoms with E-state index in [4.69, 9.17) is 5.73 Å². The lowest BCUT2D eigenvalue weighted by Crippen LogP contribution is -2.39. The zero-order chi connectivity index (χ0) is 14.1. The van der Waals surface area contributed by atoms with E-state index in [2.05, 4.69) is 9.71 Å². The van der Waals surface area contributed by atoms with Crippen molar-refractivity contribution in [2.24, 2.45) is 12.5 Å². The van der Waals surface area contributed by atoms with Crippen LogP contribution in [-0.4, -0.2) is 36.2 Å². The van der Waals surface area contributed by atoms with Crippen LogP contribution in [0.1, 0.15) is 25.7 Å². The predicted octanol–water partition coefficient (Wildman–Crippen LogP) is -0.167. The number of nitrogens with one attached hydrogen (secondary N) is 1. The summed E-state index contributed by atoms with van der Waals surface area (Å²) in [5.41, 5.74) is 5.24. The summed E-state index contributed by atoms with van der Waals surface area (Å²) in [6.45, 7) is 0.229. The van der Waals surface area contributed by atoms with Crippen LogP contribution in [0.5, 0.6) is 0 Å². The van der Waals surface area contributed by atoms with Gasteiger partial charge in [0.1, 0.15) is 0 Å². The summed E-state index contributed by atoms with van der Waals surface area (Å²) in [5.74, 6) is -0.0144. The number of rotatable bonds is 5. The van der Waals surface area contributed by atoms with E-state index in [0.29, 0.717) is 0 Å². The summed E-state index contributed by atoms with van der Waals surface area (Å²) >= 11 is 0. The van der Waals surface area contributed by atoms with E-state index < -0.39 is 10.0 Å². The molecule has 0 saturated heterocycles. The van der Waals surface area contributed by atoms with Crippen LogP contribution in [0, 0.1) is 5.41 Å². The van der Waals surface area contributed by atoms with Gasteiger partial charge in [0.2, 0.25) is 0 Å². The van der Waals surface area contributed by atoms with Crippen LogP contribution < -0.4 is 10.5 Å². The van der Waals surface area contributed by atoms with Crippen molar-refractivity contribution in [3.63, 3.8) is 0 Å². The van der Waals surface area contributed by atoms with Crippen LogP contribution in [0.2, 0.25) is 0 Å². The van der Waals surface area contributed by atoms with Crippen molar-refractivity contribution in [2.75, 3.05) is 18.9 Å². The van der Waals surface area contributed by atoms with E-state index in [9.17, 15) is 13.5 Å². The fourth-order valence-corrected chi connectivity index (χ4v) is 3.98. The molecule has 1 aliphatic rings. The summed E-state index contributed by atoms with van der Waals surface area (Å²) in [6, 6.07) is 0. The number of nitrogen functional groups attached to an aromatic ring is 1. The summed E-state index contributed by atoms with van der Waals surface area (Å²) in [6.07, 6.45) is 5.09. The standard InChI is InChI=1S/C11H20N4O3S/c1-15-8-13-9(12)10(15)19(17,18)14-6-11(7-16)4-2-3-5-11/h8,14,16H,2-7,12H2,1H3. The highest BCUT2D eigenvalue weighted by atomic mass is 32.2. The Bertz CT molecular complexity index is 527. The molecule has 1 aromatic heterocycles. The van der Waals surface area contributed by atoms with Crippen molar-refractivity contribution in [3.8, 4) is 0 Å². The number of anilines is 1. The van der Waals surface area contributed by atoms with Gasteiger partial charge in [0.15, 0.2) is 10.8 Å². The monoisotopic (exact) mass is 288 g/mol. The van der Waals surface area contributed by atoms with Gasteiger partial charge in [0, 0.05) is 25.6 Å². The van der Waals surface area contributed by atoms with Crippen molar-refractivity contribution in [1.29, 1.82) is 0 Å². The molecule has 1 saturated carbocycles. The first-order valence-electron chi connectivity index (χ1n) is 6.28. The van der Waals surface area contributed by atoms with Crippen LogP contribution in [0.25, 0.3) is 0 Å². The largest absolute Gasteiger partial charge is 0.396 e. The Labute approximate surface area is 112 Å². The number of aryl methyl sites for hydroxylation is 1. The minimum atomic E-state index is -3.70. The lowest BCUT2D eigenvalue weighted by atomic mass is 9.88. The van der Waals surface area contributed by atoms with Gasteiger partial charge >= 0.3 is 0 Å². The molecule has 1 heterocycles. The molecule has 1 aliphatic carbocycles. The second-order valence-electron chi connectivity index (χ2n) is 5.24. The highest BCUT2D eigenvalue weighted by Crippen LogP contribution is 2.37. The summed E-state index contributed by atoms with van der Waals surface area (Å²) in [7, 11) is -2.12. The summed E-state index contributed by atoms with van der Waals surface area (Å²) in [5, 5.41) is 9.45. The van der Waals surface area contributed by atoms with Crippen molar-refractivity contribution >= 4 is 15.8 Å². The summed E-state index contributed by atoms with van der Waals surface area (Å²) in [4.78, 5) is 3.77. The molecule has 7 nitrogen and oxygen atoms in total. The molecule has 0 atom stereocenters. The molecule has 0 amide bonds. The zero-order valence-corrected chi connectivity index (χ0v) is 11.8. The molecule has 19 heavy (non-hydrogen) atoms. The minimum absolute atomic E-state index is 0.00358. The van der Waals surface area contributed by atoms with Crippen molar-refractivity contribution in [3.05, 3.63) is 6.33 Å². The van der Waals surface area contributed by atoms with E-state index in [1.165, 1.54) is 10.9 Å². The molecule has 108 valence electrons.